The lowest BCUT2D eigenvalue weighted by atomic mass is 10.1. The maximum atomic E-state index is 5.36. The van der Waals surface area contributed by atoms with E-state index in [1.807, 2.05) is 30.3 Å². The molecule has 0 spiro atoms. The third-order valence-corrected chi connectivity index (χ3v) is 3.18. The Morgan fingerprint density at radius 2 is 1.90 bits per heavy atom. The van der Waals surface area contributed by atoms with Crippen LogP contribution in [0.2, 0.25) is 0 Å². The Kier molecular flexibility index (Phi) is 3.46. The smallest absolute Gasteiger partial charge is 0.223 e. The fraction of sp³-hybridized carbons (Fsp3) is 0.125. The van der Waals surface area contributed by atoms with Crippen molar-refractivity contribution < 1.29 is 4.74 Å². The first-order chi connectivity index (χ1) is 9.88. The summed E-state index contributed by atoms with van der Waals surface area (Å²) in [5.41, 5.74) is 2.20. The second kappa shape index (κ2) is 5.57. The third kappa shape index (κ3) is 2.40. The van der Waals surface area contributed by atoms with Gasteiger partial charge in [-0.05, 0) is 35.2 Å². The van der Waals surface area contributed by atoms with Gasteiger partial charge in [-0.2, -0.15) is 0 Å². The Bertz CT molecular complexity index is 708. The van der Waals surface area contributed by atoms with Gasteiger partial charge in [0.1, 0.15) is 0 Å². The molecule has 3 rings (SSSR count). The molecule has 0 aliphatic heterocycles. The zero-order chi connectivity index (χ0) is 13.8. The highest BCUT2D eigenvalue weighted by atomic mass is 16.5. The van der Waals surface area contributed by atoms with E-state index in [1.165, 1.54) is 5.56 Å². The van der Waals surface area contributed by atoms with Gasteiger partial charge in [-0.3, -0.25) is 4.98 Å². The van der Waals surface area contributed by atoms with Crippen LogP contribution in [0.25, 0.3) is 10.8 Å². The zero-order valence-electron chi connectivity index (χ0n) is 11.2. The highest BCUT2D eigenvalue weighted by Gasteiger charge is 2.07. The zero-order valence-corrected chi connectivity index (χ0v) is 11.2. The minimum absolute atomic E-state index is 0.639. The molecule has 0 amide bonds. The van der Waals surface area contributed by atoms with Crippen LogP contribution in [-0.2, 0) is 6.54 Å². The highest BCUT2D eigenvalue weighted by Crippen LogP contribution is 2.30. The van der Waals surface area contributed by atoms with Crippen molar-refractivity contribution in [1.82, 2.24) is 9.97 Å². The summed E-state index contributed by atoms with van der Waals surface area (Å²) < 4.78 is 5.36. The lowest BCUT2D eigenvalue weighted by molar-refractivity contribution is 0.403. The molecular formula is C16H15N3O. The van der Waals surface area contributed by atoms with E-state index >= 15 is 0 Å². The van der Waals surface area contributed by atoms with Gasteiger partial charge in [0, 0.05) is 30.8 Å². The SMILES string of the molecule is COc1nccc2cccc(NCc3ccncc3)c12. The number of methoxy groups -OCH3 is 1. The number of nitrogens with one attached hydrogen (secondary N) is 1. The Hall–Kier alpha value is -2.62. The molecule has 4 heteroatoms. The molecule has 2 heterocycles. The van der Waals surface area contributed by atoms with E-state index < -0.39 is 0 Å². The van der Waals surface area contributed by atoms with Crippen molar-refractivity contribution in [2.45, 2.75) is 6.54 Å². The number of anilines is 1. The summed E-state index contributed by atoms with van der Waals surface area (Å²) >= 11 is 0. The maximum Gasteiger partial charge on any atom is 0.223 e. The number of rotatable bonds is 4. The molecule has 0 saturated carbocycles. The summed E-state index contributed by atoms with van der Waals surface area (Å²) in [5, 5.41) is 5.54. The number of aromatic nitrogens is 2. The monoisotopic (exact) mass is 265 g/mol. The fourth-order valence-electron chi connectivity index (χ4n) is 2.20. The molecular weight excluding hydrogens is 250 g/mol. The third-order valence-electron chi connectivity index (χ3n) is 3.18. The molecule has 4 nitrogen and oxygen atoms in total. The van der Waals surface area contributed by atoms with Gasteiger partial charge >= 0.3 is 0 Å². The van der Waals surface area contributed by atoms with Crippen LogP contribution in [0.3, 0.4) is 0 Å². The van der Waals surface area contributed by atoms with Crippen LogP contribution in [0, 0.1) is 0 Å². The predicted octanol–water partition coefficient (Wildman–Crippen LogP) is 3.25. The Balaban J connectivity index is 1.95. The van der Waals surface area contributed by atoms with E-state index in [0.29, 0.717) is 5.88 Å². The molecule has 0 bridgehead atoms. The first-order valence-electron chi connectivity index (χ1n) is 6.43. The normalized spacial score (nSPS) is 10.4. The minimum atomic E-state index is 0.639. The lowest BCUT2D eigenvalue weighted by Gasteiger charge is -2.12. The summed E-state index contributed by atoms with van der Waals surface area (Å²) in [6.07, 6.45) is 5.35. The largest absolute Gasteiger partial charge is 0.480 e. The van der Waals surface area contributed by atoms with Crippen molar-refractivity contribution in [3.8, 4) is 5.88 Å². The molecule has 0 saturated heterocycles. The molecule has 3 aromatic rings. The van der Waals surface area contributed by atoms with Gasteiger partial charge < -0.3 is 10.1 Å². The van der Waals surface area contributed by atoms with Crippen LogP contribution in [0.15, 0.2) is 55.0 Å². The van der Waals surface area contributed by atoms with Gasteiger partial charge in [-0.15, -0.1) is 0 Å². The molecule has 1 N–H and O–H groups in total. The van der Waals surface area contributed by atoms with Crippen molar-refractivity contribution in [2.24, 2.45) is 0 Å². The van der Waals surface area contributed by atoms with Crippen molar-refractivity contribution in [3.05, 3.63) is 60.6 Å². The molecule has 2 aromatic heterocycles. The standard InChI is InChI=1S/C16H15N3O/c1-20-16-15-13(7-10-18-16)3-2-4-14(15)19-11-12-5-8-17-9-6-12/h2-10,19H,11H2,1H3. The number of hydrogen-bond acceptors (Lipinski definition) is 4. The second-order valence-electron chi connectivity index (χ2n) is 4.43. The van der Waals surface area contributed by atoms with Gasteiger partial charge in [0.2, 0.25) is 5.88 Å². The van der Waals surface area contributed by atoms with Crippen molar-refractivity contribution >= 4 is 16.5 Å². The summed E-state index contributed by atoms with van der Waals surface area (Å²) in [6, 6.07) is 12.1. The predicted molar refractivity (Wildman–Crippen MR) is 79.9 cm³/mol. The number of hydrogen-bond donors (Lipinski definition) is 1. The van der Waals surface area contributed by atoms with E-state index in [-0.39, 0.29) is 0 Å². The molecule has 0 unspecified atom stereocenters. The van der Waals surface area contributed by atoms with Gasteiger partial charge in [0.25, 0.3) is 0 Å². The van der Waals surface area contributed by atoms with Crippen LogP contribution in [0.4, 0.5) is 5.69 Å². The number of benzene rings is 1. The van der Waals surface area contributed by atoms with E-state index in [9.17, 15) is 0 Å². The Labute approximate surface area is 117 Å². The van der Waals surface area contributed by atoms with Crippen LogP contribution in [-0.4, -0.2) is 17.1 Å². The van der Waals surface area contributed by atoms with Crippen LogP contribution >= 0.6 is 0 Å². The first kappa shape index (κ1) is 12.4. The number of ether oxygens (including phenoxy) is 1. The summed E-state index contributed by atoms with van der Waals surface area (Å²) in [5.74, 6) is 0.639. The first-order valence-corrected chi connectivity index (χ1v) is 6.43. The Morgan fingerprint density at radius 1 is 1.05 bits per heavy atom. The average molecular weight is 265 g/mol. The van der Waals surface area contributed by atoms with Crippen LogP contribution in [0.1, 0.15) is 5.56 Å². The van der Waals surface area contributed by atoms with Gasteiger partial charge in [-0.25, -0.2) is 4.98 Å². The van der Waals surface area contributed by atoms with Crippen molar-refractivity contribution in [1.29, 1.82) is 0 Å². The number of pyridine rings is 2. The van der Waals surface area contributed by atoms with Gasteiger partial charge in [-0.1, -0.05) is 12.1 Å². The summed E-state index contributed by atoms with van der Waals surface area (Å²) in [4.78, 5) is 8.29. The molecule has 0 atom stereocenters. The Morgan fingerprint density at radius 3 is 2.70 bits per heavy atom. The van der Waals surface area contributed by atoms with Gasteiger partial charge in [0.15, 0.2) is 0 Å². The number of nitrogens with zero attached hydrogens (tertiary/aromatic N) is 2. The second-order valence-corrected chi connectivity index (χ2v) is 4.43. The molecule has 0 radical (unpaired) electrons. The molecule has 1 aromatic carbocycles. The average Bonchev–Trinajstić information content (AvgIpc) is 2.53. The molecule has 0 fully saturated rings. The van der Waals surface area contributed by atoms with E-state index in [4.69, 9.17) is 4.74 Å². The molecule has 100 valence electrons. The molecule has 20 heavy (non-hydrogen) atoms. The van der Waals surface area contributed by atoms with E-state index in [0.717, 1.165) is 23.0 Å². The number of fused-ring (bicyclic) bond motifs is 1. The van der Waals surface area contributed by atoms with E-state index in [1.54, 1.807) is 25.7 Å². The summed E-state index contributed by atoms with van der Waals surface area (Å²) in [6.45, 7) is 0.736. The molecule has 0 aliphatic carbocycles. The molecule has 0 aliphatic rings. The van der Waals surface area contributed by atoms with Crippen molar-refractivity contribution in [2.75, 3.05) is 12.4 Å². The van der Waals surface area contributed by atoms with Crippen LogP contribution < -0.4 is 10.1 Å². The van der Waals surface area contributed by atoms with Crippen LogP contribution in [0.5, 0.6) is 5.88 Å². The minimum Gasteiger partial charge on any atom is -0.480 e. The lowest BCUT2D eigenvalue weighted by Crippen LogP contribution is -2.01. The van der Waals surface area contributed by atoms with Crippen molar-refractivity contribution in [3.63, 3.8) is 0 Å². The van der Waals surface area contributed by atoms with Gasteiger partial charge in [0.05, 0.1) is 12.5 Å². The maximum absolute atomic E-state index is 5.36. The summed E-state index contributed by atoms with van der Waals surface area (Å²) in [7, 11) is 1.64. The quantitative estimate of drug-likeness (QED) is 0.786. The van der Waals surface area contributed by atoms with E-state index in [2.05, 4.69) is 21.4 Å². The topological polar surface area (TPSA) is 47.0 Å². The fourth-order valence-corrected chi connectivity index (χ4v) is 2.20. The highest BCUT2D eigenvalue weighted by molar-refractivity contribution is 5.97.